The molecule has 180 valence electrons. The Labute approximate surface area is 212 Å². The molecule has 1 amide bonds. The summed E-state index contributed by atoms with van der Waals surface area (Å²) in [6.07, 6.45) is 0.459. The fraction of sp³-hybridized carbons (Fsp3) is 0.417. The van der Waals surface area contributed by atoms with Crippen LogP contribution >= 0.6 is 24.0 Å². The van der Waals surface area contributed by atoms with Crippen molar-refractivity contribution < 1.29 is 13.9 Å². The second-order valence-corrected chi connectivity index (χ2v) is 7.63. The fourth-order valence-corrected chi connectivity index (χ4v) is 3.36. The van der Waals surface area contributed by atoms with E-state index < -0.39 is 0 Å². The first-order chi connectivity index (χ1) is 15.6. The highest BCUT2D eigenvalue weighted by atomic mass is 127. The largest absolute Gasteiger partial charge is 0.379 e. The van der Waals surface area contributed by atoms with Crippen LogP contribution in [0.15, 0.2) is 53.5 Å². The zero-order chi connectivity index (χ0) is 22.6. The van der Waals surface area contributed by atoms with Crippen molar-refractivity contribution >= 4 is 41.5 Å². The van der Waals surface area contributed by atoms with Gasteiger partial charge in [0, 0.05) is 44.8 Å². The van der Waals surface area contributed by atoms with Crippen LogP contribution in [0.25, 0.3) is 0 Å². The number of hydrogen-bond donors (Lipinski definition) is 3. The number of hydrogen-bond acceptors (Lipinski definition) is 4. The van der Waals surface area contributed by atoms with Gasteiger partial charge in [-0.1, -0.05) is 24.3 Å². The molecule has 0 bridgehead atoms. The van der Waals surface area contributed by atoms with Gasteiger partial charge in [0.05, 0.1) is 19.8 Å². The molecule has 0 aliphatic carbocycles. The van der Waals surface area contributed by atoms with Crippen LogP contribution < -0.4 is 16.0 Å². The number of halogens is 2. The maximum atomic E-state index is 13.1. The molecule has 1 aliphatic heterocycles. The standard InChI is InChI=1S/C24H32FN5O2.HI/c1-2-26-24(27-17-19-6-8-21(25)9-7-19)28-18-20-4-3-5-22(16-20)29-23(31)10-11-30-12-14-32-15-13-30;/h3-9,16H,2,10-15,17-18H2,1H3,(H,29,31)(H2,26,27,28);1H. The summed E-state index contributed by atoms with van der Waals surface area (Å²) in [7, 11) is 0. The van der Waals surface area contributed by atoms with Crippen molar-refractivity contribution in [3.8, 4) is 0 Å². The highest BCUT2D eigenvalue weighted by Crippen LogP contribution is 2.12. The number of carbonyl (C=O) groups excluding carboxylic acids is 1. The number of morpholine rings is 1. The van der Waals surface area contributed by atoms with Crippen molar-refractivity contribution in [2.75, 3.05) is 44.7 Å². The van der Waals surface area contributed by atoms with Crippen LogP contribution in [0.1, 0.15) is 24.5 Å². The van der Waals surface area contributed by atoms with Crippen molar-refractivity contribution in [1.82, 2.24) is 15.5 Å². The van der Waals surface area contributed by atoms with E-state index in [0.717, 1.165) is 56.2 Å². The monoisotopic (exact) mass is 569 g/mol. The van der Waals surface area contributed by atoms with Crippen molar-refractivity contribution in [2.24, 2.45) is 4.99 Å². The number of carbonyl (C=O) groups is 1. The van der Waals surface area contributed by atoms with E-state index in [9.17, 15) is 9.18 Å². The summed E-state index contributed by atoms with van der Waals surface area (Å²) in [5.74, 6) is 0.436. The summed E-state index contributed by atoms with van der Waals surface area (Å²) in [6, 6.07) is 14.1. The van der Waals surface area contributed by atoms with Crippen LogP contribution in [0.2, 0.25) is 0 Å². The van der Waals surface area contributed by atoms with E-state index >= 15 is 0 Å². The van der Waals surface area contributed by atoms with Gasteiger partial charge in [0.15, 0.2) is 5.96 Å². The lowest BCUT2D eigenvalue weighted by atomic mass is 10.2. The minimum atomic E-state index is -0.248. The predicted molar refractivity (Wildman–Crippen MR) is 140 cm³/mol. The van der Waals surface area contributed by atoms with Gasteiger partial charge in [0.1, 0.15) is 5.82 Å². The average molecular weight is 569 g/mol. The lowest BCUT2D eigenvalue weighted by Gasteiger charge is -2.26. The lowest BCUT2D eigenvalue weighted by molar-refractivity contribution is -0.116. The van der Waals surface area contributed by atoms with E-state index in [4.69, 9.17) is 4.74 Å². The molecule has 0 atom stereocenters. The summed E-state index contributed by atoms with van der Waals surface area (Å²) >= 11 is 0. The van der Waals surface area contributed by atoms with Crippen LogP contribution in [0.5, 0.6) is 0 Å². The molecule has 1 heterocycles. The Morgan fingerprint density at radius 3 is 2.58 bits per heavy atom. The molecule has 2 aromatic rings. The smallest absolute Gasteiger partial charge is 0.225 e. The molecule has 1 saturated heterocycles. The third-order valence-electron chi connectivity index (χ3n) is 5.11. The molecule has 0 radical (unpaired) electrons. The maximum absolute atomic E-state index is 13.1. The van der Waals surface area contributed by atoms with Gasteiger partial charge in [-0.3, -0.25) is 9.69 Å². The second kappa shape index (κ2) is 14.8. The van der Waals surface area contributed by atoms with Gasteiger partial charge in [-0.15, -0.1) is 24.0 Å². The van der Waals surface area contributed by atoms with Gasteiger partial charge in [-0.05, 0) is 42.3 Å². The Balaban J connectivity index is 0.00000385. The molecule has 0 spiro atoms. The van der Waals surface area contributed by atoms with Gasteiger partial charge in [0.2, 0.25) is 5.91 Å². The van der Waals surface area contributed by atoms with E-state index in [1.807, 2.05) is 31.2 Å². The molecule has 0 saturated carbocycles. The molecule has 0 unspecified atom stereocenters. The van der Waals surface area contributed by atoms with Crippen molar-refractivity contribution in [1.29, 1.82) is 0 Å². The number of benzene rings is 2. The summed E-state index contributed by atoms with van der Waals surface area (Å²) in [4.78, 5) is 19.2. The average Bonchev–Trinajstić information content (AvgIpc) is 2.81. The molecule has 3 rings (SSSR count). The summed E-state index contributed by atoms with van der Waals surface area (Å²) in [5.41, 5.74) is 2.74. The number of nitrogens with zero attached hydrogens (tertiary/aromatic N) is 2. The van der Waals surface area contributed by atoms with Crippen LogP contribution in [0.3, 0.4) is 0 Å². The van der Waals surface area contributed by atoms with E-state index in [2.05, 4.69) is 25.8 Å². The Bertz CT molecular complexity index is 889. The molecular weight excluding hydrogens is 536 g/mol. The first-order valence-corrected chi connectivity index (χ1v) is 11.1. The van der Waals surface area contributed by atoms with Crippen LogP contribution in [-0.4, -0.2) is 56.2 Å². The molecule has 0 aromatic heterocycles. The number of guanidine groups is 1. The molecule has 33 heavy (non-hydrogen) atoms. The molecule has 1 aliphatic rings. The maximum Gasteiger partial charge on any atom is 0.225 e. The summed E-state index contributed by atoms with van der Waals surface area (Å²) in [6.45, 7) is 7.72. The lowest BCUT2D eigenvalue weighted by Crippen LogP contribution is -2.38. The molecular formula is C24H33FIN5O2. The van der Waals surface area contributed by atoms with Crippen molar-refractivity contribution in [3.63, 3.8) is 0 Å². The topological polar surface area (TPSA) is 78.0 Å². The summed E-state index contributed by atoms with van der Waals surface area (Å²) in [5, 5.41) is 9.44. The Hall–Kier alpha value is -2.24. The van der Waals surface area contributed by atoms with E-state index in [-0.39, 0.29) is 35.7 Å². The Morgan fingerprint density at radius 1 is 1.09 bits per heavy atom. The highest BCUT2D eigenvalue weighted by molar-refractivity contribution is 14.0. The minimum absolute atomic E-state index is 0. The van der Waals surface area contributed by atoms with Gasteiger partial charge in [0.25, 0.3) is 0 Å². The zero-order valence-corrected chi connectivity index (χ0v) is 21.3. The quantitative estimate of drug-likeness (QED) is 0.246. The number of amides is 1. The number of ether oxygens (including phenoxy) is 1. The first kappa shape index (κ1) is 27.0. The van der Waals surface area contributed by atoms with Crippen molar-refractivity contribution in [3.05, 3.63) is 65.5 Å². The van der Waals surface area contributed by atoms with Crippen molar-refractivity contribution in [2.45, 2.75) is 26.4 Å². The van der Waals surface area contributed by atoms with E-state index in [1.165, 1.54) is 12.1 Å². The SMILES string of the molecule is CCNC(=NCc1cccc(NC(=O)CCN2CCOCC2)c1)NCc1ccc(F)cc1.I. The Kier molecular flexibility index (Phi) is 12.1. The predicted octanol–water partition coefficient (Wildman–Crippen LogP) is 3.36. The molecule has 3 N–H and O–H groups in total. The van der Waals surface area contributed by atoms with E-state index in [1.54, 1.807) is 12.1 Å². The number of aliphatic imine (C=N–C) groups is 1. The number of rotatable bonds is 9. The third-order valence-corrected chi connectivity index (χ3v) is 5.11. The van der Waals surface area contributed by atoms with Gasteiger partial charge < -0.3 is 20.7 Å². The summed E-state index contributed by atoms with van der Waals surface area (Å²) < 4.78 is 18.4. The Morgan fingerprint density at radius 2 is 1.85 bits per heavy atom. The second-order valence-electron chi connectivity index (χ2n) is 7.63. The molecule has 9 heteroatoms. The molecule has 1 fully saturated rings. The normalized spacial score (nSPS) is 14.3. The molecule has 2 aromatic carbocycles. The van der Waals surface area contributed by atoms with Gasteiger partial charge >= 0.3 is 0 Å². The molecule has 7 nitrogen and oxygen atoms in total. The fourth-order valence-electron chi connectivity index (χ4n) is 3.36. The zero-order valence-electron chi connectivity index (χ0n) is 19.0. The van der Waals surface area contributed by atoms with Crippen LogP contribution in [-0.2, 0) is 22.6 Å². The van der Waals surface area contributed by atoms with Gasteiger partial charge in [-0.2, -0.15) is 0 Å². The minimum Gasteiger partial charge on any atom is -0.379 e. The number of nitrogens with one attached hydrogen (secondary N) is 3. The third kappa shape index (κ3) is 10.1. The number of anilines is 1. The highest BCUT2D eigenvalue weighted by Gasteiger charge is 2.12. The van der Waals surface area contributed by atoms with Crippen LogP contribution in [0, 0.1) is 5.82 Å². The van der Waals surface area contributed by atoms with Gasteiger partial charge in [-0.25, -0.2) is 9.38 Å². The van der Waals surface area contributed by atoms with Crippen LogP contribution in [0.4, 0.5) is 10.1 Å². The van der Waals surface area contributed by atoms with E-state index in [0.29, 0.717) is 25.5 Å². The first-order valence-electron chi connectivity index (χ1n) is 11.1.